The summed E-state index contributed by atoms with van der Waals surface area (Å²) >= 11 is 3.36. The van der Waals surface area contributed by atoms with Gasteiger partial charge in [0, 0.05) is 6.61 Å². The van der Waals surface area contributed by atoms with Gasteiger partial charge < -0.3 is 10.1 Å². The molecule has 13 heavy (non-hydrogen) atoms. The number of alkyl halides is 1. The van der Waals surface area contributed by atoms with E-state index in [0.717, 1.165) is 13.0 Å². The van der Waals surface area contributed by atoms with Crippen molar-refractivity contribution in [2.45, 2.75) is 31.1 Å². The molecule has 0 radical (unpaired) electrons. The minimum Gasteiger partial charge on any atom is -0.379 e. The largest absolute Gasteiger partial charge is 0.379 e. The molecule has 2 unspecified atom stereocenters. The summed E-state index contributed by atoms with van der Waals surface area (Å²) in [5.74, 6) is 0.396. The van der Waals surface area contributed by atoms with Crippen molar-refractivity contribution in [2.75, 3.05) is 13.2 Å². The number of carbonyl (C=O) groups excluding carboxylic acids is 1. The number of nitrogens with one attached hydrogen (secondary N) is 1. The molecule has 1 amide bonds. The van der Waals surface area contributed by atoms with Gasteiger partial charge in [0.25, 0.3) is 0 Å². The molecule has 1 heterocycles. The zero-order valence-corrected chi connectivity index (χ0v) is 9.63. The van der Waals surface area contributed by atoms with Gasteiger partial charge in [-0.25, -0.2) is 0 Å². The summed E-state index contributed by atoms with van der Waals surface area (Å²) < 4.78 is 5.17. The molecule has 0 aromatic heterocycles. The lowest BCUT2D eigenvalue weighted by Gasteiger charge is -2.16. The molecule has 0 aromatic carbocycles. The maximum Gasteiger partial charge on any atom is 0.234 e. The molecule has 1 aliphatic heterocycles. The van der Waals surface area contributed by atoms with Gasteiger partial charge in [-0.05, 0) is 12.3 Å². The normalized spacial score (nSPS) is 24.8. The van der Waals surface area contributed by atoms with Crippen LogP contribution in [-0.2, 0) is 9.53 Å². The SMILES string of the molecule is CC(C)C(Br)C(=O)NC1CCOC1. The minimum atomic E-state index is -0.0897. The fourth-order valence-electron chi connectivity index (χ4n) is 1.23. The Balaban J connectivity index is 2.31. The van der Waals surface area contributed by atoms with E-state index in [4.69, 9.17) is 4.74 Å². The molecule has 1 fully saturated rings. The summed E-state index contributed by atoms with van der Waals surface area (Å²) in [6.45, 7) is 5.46. The van der Waals surface area contributed by atoms with E-state index in [1.165, 1.54) is 0 Å². The quantitative estimate of drug-likeness (QED) is 0.767. The molecule has 3 nitrogen and oxygen atoms in total. The van der Waals surface area contributed by atoms with Crippen molar-refractivity contribution >= 4 is 21.8 Å². The number of ether oxygens (including phenoxy) is 1. The number of rotatable bonds is 3. The van der Waals surface area contributed by atoms with Gasteiger partial charge in [-0.2, -0.15) is 0 Å². The van der Waals surface area contributed by atoms with Gasteiger partial charge in [-0.15, -0.1) is 0 Å². The molecule has 1 aliphatic rings. The summed E-state index contributed by atoms with van der Waals surface area (Å²) in [4.78, 5) is 11.4. The second kappa shape index (κ2) is 4.96. The monoisotopic (exact) mass is 249 g/mol. The highest BCUT2D eigenvalue weighted by atomic mass is 79.9. The molecular formula is C9H16BrNO2. The highest BCUT2D eigenvalue weighted by Gasteiger charge is 2.23. The molecular weight excluding hydrogens is 234 g/mol. The molecule has 1 rings (SSSR count). The minimum absolute atomic E-state index is 0.0745. The number of hydrogen-bond donors (Lipinski definition) is 1. The van der Waals surface area contributed by atoms with Gasteiger partial charge in [0.05, 0.1) is 17.5 Å². The molecule has 0 spiro atoms. The highest BCUT2D eigenvalue weighted by molar-refractivity contribution is 9.10. The predicted octanol–water partition coefficient (Wildman–Crippen LogP) is 1.31. The first-order valence-electron chi connectivity index (χ1n) is 4.63. The van der Waals surface area contributed by atoms with Crippen LogP contribution in [0.5, 0.6) is 0 Å². The van der Waals surface area contributed by atoms with Crippen LogP contribution < -0.4 is 5.32 Å². The molecule has 0 bridgehead atoms. The van der Waals surface area contributed by atoms with Crippen molar-refractivity contribution in [2.24, 2.45) is 5.92 Å². The van der Waals surface area contributed by atoms with E-state index in [9.17, 15) is 4.79 Å². The fourth-order valence-corrected chi connectivity index (χ4v) is 1.36. The van der Waals surface area contributed by atoms with E-state index >= 15 is 0 Å². The van der Waals surface area contributed by atoms with Crippen LogP contribution in [0.2, 0.25) is 0 Å². The maximum absolute atomic E-state index is 11.5. The molecule has 0 saturated carbocycles. The number of amides is 1. The first kappa shape index (κ1) is 11.0. The molecule has 1 saturated heterocycles. The topological polar surface area (TPSA) is 38.3 Å². The Morgan fingerprint density at radius 1 is 1.62 bits per heavy atom. The molecule has 2 atom stereocenters. The van der Waals surface area contributed by atoms with Crippen LogP contribution in [0.3, 0.4) is 0 Å². The second-order valence-corrected chi connectivity index (χ2v) is 4.70. The van der Waals surface area contributed by atoms with E-state index in [1.807, 2.05) is 13.8 Å². The van der Waals surface area contributed by atoms with E-state index in [1.54, 1.807) is 0 Å². The zero-order chi connectivity index (χ0) is 9.84. The summed E-state index contributed by atoms with van der Waals surface area (Å²) in [6.07, 6.45) is 0.934. The predicted molar refractivity (Wildman–Crippen MR) is 54.9 cm³/mol. The van der Waals surface area contributed by atoms with Crippen molar-refractivity contribution in [1.29, 1.82) is 0 Å². The van der Waals surface area contributed by atoms with E-state index in [2.05, 4.69) is 21.2 Å². The van der Waals surface area contributed by atoms with Crippen LogP contribution in [0.15, 0.2) is 0 Å². The smallest absolute Gasteiger partial charge is 0.234 e. The van der Waals surface area contributed by atoms with Crippen molar-refractivity contribution in [3.63, 3.8) is 0 Å². The van der Waals surface area contributed by atoms with Gasteiger partial charge in [-0.3, -0.25) is 4.79 Å². The number of halogens is 1. The zero-order valence-electron chi connectivity index (χ0n) is 8.05. The Kier molecular flexibility index (Phi) is 4.19. The third-order valence-electron chi connectivity index (χ3n) is 2.11. The Morgan fingerprint density at radius 3 is 2.77 bits per heavy atom. The third kappa shape index (κ3) is 3.27. The van der Waals surface area contributed by atoms with E-state index in [0.29, 0.717) is 12.5 Å². The van der Waals surface area contributed by atoms with Crippen LogP contribution in [0.4, 0.5) is 0 Å². The van der Waals surface area contributed by atoms with Crippen molar-refractivity contribution in [3.8, 4) is 0 Å². The molecule has 76 valence electrons. The molecule has 4 heteroatoms. The van der Waals surface area contributed by atoms with Crippen molar-refractivity contribution < 1.29 is 9.53 Å². The van der Waals surface area contributed by atoms with Crippen LogP contribution >= 0.6 is 15.9 Å². The number of carbonyl (C=O) groups is 1. The van der Waals surface area contributed by atoms with Gasteiger partial charge in [-0.1, -0.05) is 29.8 Å². The van der Waals surface area contributed by atoms with E-state index < -0.39 is 0 Å². The van der Waals surface area contributed by atoms with Gasteiger partial charge >= 0.3 is 0 Å². The Labute approximate surface area is 87.3 Å². The molecule has 1 N–H and O–H groups in total. The highest BCUT2D eigenvalue weighted by Crippen LogP contribution is 2.13. The number of hydrogen-bond acceptors (Lipinski definition) is 2. The lowest BCUT2D eigenvalue weighted by atomic mass is 10.1. The third-order valence-corrected chi connectivity index (χ3v) is 3.59. The van der Waals surface area contributed by atoms with Crippen molar-refractivity contribution in [1.82, 2.24) is 5.32 Å². The fraction of sp³-hybridized carbons (Fsp3) is 0.889. The summed E-state index contributed by atoms with van der Waals surface area (Å²) in [7, 11) is 0. The molecule has 0 aliphatic carbocycles. The average molecular weight is 250 g/mol. The van der Waals surface area contributed by atoms with E-state index in [-0.39, 0.29) is 16.8 Å². The first-order valence-corrected chi connectivity index (χ1v) is 5.55. The van der Waals surface area contributed by atoms with Gasteiger partial charge in [0.1, 0.15) is 0 Å². The van der Waals surface area contributed by atoms with Gasteiger partial charge in [0.15, 0.2) is 0 Å². The Bertz CT molecular complexity index is 178. The second-order valence-electron chi connectivity index (χ2n) is 3.71. The maximum atomic E-state index is 11.5. The lowest BCUT2D eigenvalue weighted by molar-refractivity contribution is -0.121. The standard InChI is InChI=1S/C9H16BrNO2/c1-6(2)8(10)9(12)11-7-3-4-13-5-7/h6-8H,3-5H2,1-2H3,(H,11,12). The summed E-state index contributed by atoms with van der Waals surface area (Å²) in [6, 6.07) is 0.214. The van der Waals surface area contributed by atoms with Crippen LogP contribution in [0, 0.1) is 5.92 Å². The summed E-state index contributed by atoms with van der Waals surface area (Å²) in [5.41, 5.74) is 0. The van der Waals surface area contributed by atoms with Gasteiger partial charge in [0.2, 0.25) is 5.91 Å². The van der Waals surface area contributed by atoms with Crippen LogP contribution in [-0.4, -0.2) is 30.0 Å². The molecule has 0 aromatic rings. The first-order chi connectivity index (χ1) is 6.11. The van der Waals surface area contributed by atoms with Crippen LogP contribution in [0.1, 0.15) is 20.3 Å². The Hall–Kier alpha value is -0.0900. The average Bonchev–Trinajstić information content (AvgIpc) is 2.55. The lowest BCUT2D eigenvalue weighted by Crippen LogP contribution is -2.41. The van der Waals surface area contributed by atoms with Crippen LogP contribution in [0.25, 0.3) is 0 Å². The van der Waals surface area contributed by atoms with Crippen molar-refractivity contribution in [3.05, 3.63) is 0 Å². The summed E-state index contributed by atoms with van der Waals surface area (Å²) in [5, 5.41) is 2.95. The Morgan fingerprint density at radius 2 is 2.31 bits per heavy atom.